The van der Waals surface area contributed by atoms with E-state index in [1.54, 1.807) is 0 Å². The van der Waals surface area contributed by atoms with Crippen molar-refractivity contribution in [1.82, 2.24) is 0 Å². The van der Waals surface area contributed by atoms with Crippen molar-refractivity contribution in [2.45, 2.75) is 26.1 Å². The fraction of sp³-hybridized carbons (Fsp3) is 0.286. The first-order chi connectivity index (χ1) is 11.6. The van der Waals surface area contributed by atoms with E-state index in [9.17, 15) is 4.79 Å². The third kappa shape index (κ3) is 3.74. The maximum atomic E-state index is 11.9. The van der Waals surface area contributed by atoms with Crippen LogP contribution < -0.4 is 0 Å². The molecule has 1 aliphatic heterocycles. The summed E-state index contributed by atoms with van der Waals surface area (Å²) in [6, 6.07) is 18.2. The second-order valence-corrected chi connectivity index (χ2v) is 6.20. The smallest absolute Gasteiger partial charge is 0.334 e. The van der Waals surface area contributed by atoms with Crippen molar-refractivity contribution in [3.8, 4) is 0 Å². The van der Waals surface area contributed by atoms with Crippen LogP contribution in [0.15, 0.2) is 66.7 Å². The second kappa shape index (κ2) is 7.45. The highest BCUT2D eigenvalue weighted by Crippen LogP contribution is 2.40. The number of benzene rings is 2. The molecular formula is C21H22O3. The van der Waals surface area contributed by atoms with Crippen LogP contribution in [0, 0.1) is 12.8 Å². The van der Waals surface area contributed by atoms with Gasteiger partial charge in [0.25, 0.3) is 0 Å². The molecule has 3 nitrogen and oxygen atoms in total. The first-order valence-corrected chi connectivity index (χ1v) is 8.23. The van der Waals surface area contributed by atoms with Gasteiger partial charge in [-0.25, -0.2) is 4.79 Å². The number of carbonyl (C=O) groups is 1. The van der Waals surface area contributed by atoms with Gasteiger partial charge in [0, 0.05) is 18.1 Å². The Bertz CT molecular complexity index is 704. The molecule has 0 aliphatic carbocycles. The van der Waals surface area contributed by atoms with Gasteiger partial charge >= 0.3 is 5.97 Å². The molecule has 0 bridgehead atoms. The lowest BCUT2D eigenvalue weighted by molar-refractivity contribution is -0.139. The van der Waals surface area contributed by atoms with E-state index in [1.165, 1.54) is 5.56 Å². The Kier molecular flexibility index (Phi) is 5.11. The van der Waals surface area contributed by atoms with Gasteiger partial charge in [-0.05, 0) is 24.5 Å². The van der Waals surface area contributed by atoms with E-state index in [4.69, 9.17) is 9.47 Å². The Hall–Kier alpha value is -2.39. The summed E-state index contributed by atoms with van der Waals surface area (Å²) in [7, 11) is 0. The molecule has 0 aromatic heterocycles. The number of ether oxygens (including phenoxy) is 2. The normalized spacial score (nSPS) is 20.2. The van der Waals surface area contributed by atoms with E-state index >= 15 is 0 Å². The van der Waals surface area contributed by atoms with Gasteiger partial charge in [-0.1, -0.05) is 66.7 Å². The van der Waals surface area contributed by atoms with Gasteiger partial charge in [-0.2, -0.15) is 0 Å². The lowest BCUT2D eigenvalue weighted by Crippen LogP contribution is -2.12. The topological polar surface area (TPSA) is 35.5 Å². The summed E-state index contributed by atoms with van der Waals surface area (Å²) in [5.41, 5.74) is 3.89. The second-order valence-electron chi connectivity index (χ2n) is 6.20. The highest BCUT2D eigenvalue weighted by molar-refractivity contribution is 5.90. The van der Waals surface area contributed by atoms with Gasteiger partial charge < -0.3 is 9.47 Å². The highest BCUT2D eigenvalue weighted by Gasteiger charge is 2.39. The van der Waals surface area contributed by atoms with Gasteiger partial charge in [0.05, 0.1) is 6.61 Å². The molecular weight excluding hydrogens is 300 g/mol. The van der Waals surface area contributed by atoms with Crippen LogP contribution in [0.4, 0.5) is 0 Å². The molecule has 124 valence electrons. The summed E-state index contributed by atoms with van der Waals surface area (Å²) in [5.74, 6) is -0.329. The zero-order valence-corrected chi connectivity index (χ0v) is 13.9. The average molecular weight is 322 g/mol. The van der Waals surface area contributed by atoms with Crippen molar-refractivity contribution in [3.05, 3.63) is 83.4 Å². The number of rotatable bonds is 6. The number of cyclic esters (lactones) is 1. The van der Waals surface area contributed by atoms with Crippen molar-refractivity contribution < 1.29 is 14.3 Å². The number of aryl methyl sites for hydroxylation is 1. The van der Waals surface area contributed by atoms with Crippen molar-refractivity contribution in [2.75, 3.05) is 6.61 Å². The largest absolute Gasteiger partial charge is 0.453 e. The third-order valence-corrected chi connectivity index (χ3v) is 4.40. The number of carbonyl (C=O) groups excluding carboxylic acids is 1. The predicted molar refractivity (Wildman–Crippen MR) is 93.4 cm³/mol. The molecule has 24 heavy (non-hydrogen) atoms. The Morgan fingerprint density at radius 3 is 2.50 bits per heavy atom. The summed E-state index contributed by atoms with van der Waals surface area (Å²) in [6.45, 7) is 7.10. The van der Waals surface area contributed by atoms with Crippen molar-refractivity contribution >= 4 is 5.97 Å². The molecule has 2 aromatic rings. The minimum absolute atomic E-state index is 0.0315. The Morgan fingerprint density at radius 1 is 1.08 bits per heavy atom. The van der Waals surface area contributed by atoms with Gasteiger partial charge in [0.15, 0.2) is 0 Å². The fourth-order valence-corrected chi connectivity index (χ4v) is 2.96. The quantitative estimate of drug-likeness (QED) is 0.450. The van der Waals surface area contributed by atoms with Crippen molar-refractivity contribution in [3.63, 3.8) is 0 Å². The SMILES string of the molecule is C=C1C(=O)O[C@H](c2ccc(C)cc2)[C@@H]1CCOCc1ccccc1. The Morgan fingerprint density at radius 2 is 1.79 bits per heavy atom. The van der Waals surface area contributed by atoms with E-state index in [-0.39, 0.29) is 18.0 Å². The Balaban J connectivity index is 1.60. The van der Waals surface area contributed by atoms with Crippen LogP contribution in [0.3, 0.4) is 0 Å². The van der Waals surface area contributed by atoms with Crippen LogP contribution in [0.5, 0.6) is 0 Å². The van der Waals surface area contributed by atoms with Crippen LogP contribution >= 0.6 is 0 Å². The molecule has 3 rings (SSSR count). The lowest BCUT2D eigenvalue weighted by atomic mass is 9.89. The van der Waals surface area contributed by atoms with Crippen LogP contribution in [0.1, 0.15) is 29.2 Å². The molecule has 0 radical (unpaired) electrons. The molecule has 3 heteroatoms. The number of esters is 1. The zero-order chi connectivity index (χ0) is 16.9. The monoisotopic (exact) mass is 322 g/mol. The maximum Gasteiger partial charge on any atom is 0.334 e. The molecule has 0 unspecified atom stereocenters. The van der Waals surface area contributed by atoms with Gasteiger partial charge in [0.1, 0.15) is 6.10 Å². The van der Waals surface area contributed by atoms with Gasteiger partial charge in [-0.15, -0.1) is 0 Å². The van der Waals surface area contributed by atoms with E-state index in [1.807, 2.05) is 61.5 Å². The van der Waals surface area contributed by atoms with Crippen molar-refractivity contribution in [2.24, 2.45) is 5.92 Å². The van der Waals surface area contributed by atoms with E-state index in [2.05, 4.69) is 6.58 Å². The average Bonchev–Trinajstić information content (AvgIpc) is 2.88. The maximum absolute atomic E-state index is 11.9. The van der Waals surface area contributed by atoms with E-state index in [0.717, 1.165) is 17.5 Å². The zero-order valence-electron chi connectivity index (χ0n) is 13.9. The van der Waals surface area contributed by atoms with E-state index < -0.39 is 0 Å². The summed E-state index contributed by atoms with van der Waals surface area (Å²) >= 11 is 0. The van der Waals surface area contributed by atoms with Gasteiger partial charge in [0.2, 0.25) is 0 Å². The molecule has 0 N–H and O–H groups in total. The molecule has 2 aromatic carbocycles. The summed E-state index contributed by atoms with van der Waals surface area (Å²) in [4.78, 5) is 11.9. The fourth-order valence-electron chi connectivity index (χ4n) is 2.96. The molecule has 1 saturated heterocycles. The number of hydrogen-bond acceptors (Lipinski definition) is 3. The molecule has 2 atom stereocenters. The third-order valence-electron chi connectivity index (χ3n) is 4.40. The molecule has 0 amide bonds. The molecule has 0 spiro atoms. The van der Waals surface area contributed by atoms with Gasteiger partial charge in [-0.3, -0.25) is 0 Å². The standard InChI is InChI=1S/C21H22O3/c1-15-8-10-18(11-9-15)20-19(16(2)21(22)24-20)12-13-23-14-17-6-4-3-5-7-17/h3-11,19-20H,2,12-14H2,1H3/t19-,20-/m1/s1. The Labute approximate surface area is 142 Å². The van der Waals surface area contributed by atoms with E-state index in [0.29, 0.717) is 18.8 Å². The van der Waals surface area contributed by atoms with Crippen LogP contribution in [-0.2, 0) is 20.9 Å². The predicted octanol–water partition coefficient (Wildman–Crippen LogP) is 4.37. The van der Waals surface area contributed by atoms with Crippen LogP contribution in [0.2, 0.25) is 0 Å². The highest BCUT2D eigenvalue weighted by atomic mass is 16.6. The summed E-state index contributed by atoms with van der Waals surface area (Å²) < 4.78 is 11.3. The summed E-state index contributed by atoms with van der Waals surface area (Å²) in [6.07, 6.45) is 0.460. The molecule has 1 aliphatic rings. The lowest BCUT2D eigenvalue weighted by Gasteiger charge is -2.18. The molecule has 1 heterocycles. The summed E-state index contributed by atoms with van der Waals surface area (Å²) in [5, 5.41) is 0. The molecule has 1 fully saturated rings. The first-order valence-electron chi connectivity index (χ1n) is 8.23. The van der Waals surface area contributed by atoms with Crippen LogP contribution in [0.25, 0.3) is 0 Å². The minimum Gasteiger partial charge on any atom is -0.453 e. The van der Waals surface area contributed by atoms with Crippen LogP contribution in [-0.4, -0.2) is 12.6 Å². The molecule has 0 saturated carbocycles. The van der Waals surface area contributed by atoms with Crippen molar-refractivity contribution in [1.29, 1.82) is 0 Å². The minimum atomic E-state index is -0.298. The first kappa shape index (κ1) is 16.5. The number of hydrogen-bond donors (Lipinski definition) is 0.